The first kappa shape index (κ1) is 12.7. The Morgan fingerprint density at radius 3 is 3.06 bits per heavy atom. The van der Waals surface area contributed by atoms with E-state index < -0.39 is 5.60 Å². The molecule has 1 aromatic heterocycles. The van der Waals surface area contributed by atoms with Gasteiger partial charge in [0.05, 0.1) is 12.1 Å². The van der Waals surface area contributed by atoms with E-state index in [-0.39, 0.29) is 0 Å². The minimum atomic E-state index is -0.548. The minimum Gasteiger partial charge on any atom is -0.389 e. The van der Waals surface area contributed by atoms with Crippen LogP contribution < -0.4 is 5.32 Å². The third-order valence-electron chi connectivity index (χ3n) is 2.91. The summed E-state index contributed by atoms with van der Waals surface area (Å²) in [6.45, 7) is 7.37. The Balaban J connectivity index is 1.91. The molecule has 1 aliphatic rings. The third-order valence-corrected chi connectivity index (χ3v) is 3.77. The van der Waals surface area contributed by atoms with Crippen molar-refractivity contribution in [2.75, 3.05) is 25.0 Å². The van der Waals surface area contributed by atoms with Crippen LogP contribution in [-0.4, -0.2) is 45.4 Å². The van der Waals surface area contributed by atoms with Gasteiger partial charge in [-0.3, -0.25) is 4.90 Å². The molecule has 1 aromatic rings. The van der Waals surface area contributed by atoms with E-state index in [0.717, 1.165) is 49.2 Å². The second kappa shape index (κ2) is 5.29. The van der Waals surface area contributed by atoms with Crippen LogP contribution in [-0.2, 0) is 6.54 Å². The number of piperidine rings is 1. The van der Waals surface area contributed by atoms with E-state index in [9.17, 15) is 5.11 Å². The molecule has 1 aliphatic heterocycles. The van der Waals surface area contributed by atoms with Gasteiger partial charge in [-0.25, -0.2) is 0 Å². The molecule has 17 heavy (non-hydrogen) atoms. The maximum Gasteiger partial charge on any atom is 0.205 e. The normalized spacial score (nSPS) is 26.1. The predicted molar refractivity (Wildman–Crippen MR) is 69.2 cm³/mol. The fourth-order valence-corrected chi connectivity index (χ4v) is 3.04. The number of hydrogen-bond acceptors (Lipinski definition) is 6. The number of aliphatic hydroxyl groups is 1. The molecule has 0 bridgehead atoms. The van der Waals surface area contributed by atoms with Crippen LogP contribution in [0.25, 0.3) is 0 Å². The monoisotopic (exact) mass is 256 g/mol. The predicted octanol–water partition coefficient (Wildman–Crippen LogP) is 1.32. The second-order valence-electron chi connectivity index (χ2n) is 4.84. The zero-order valence-electron chi connectivity index (χ0n) is 10.4. The molecular weight excluding hydrogens is 236 g/mol. The van der Waals surface area contributed by atoms with Crippen molar-refractivity contribution in [3.63, 3.8) is 0 Å². The van der Waals surface area contributed by atoms with Gasteiger partial charge in [0.1, 0.15) is 5.01 Å². The Morgan fingerprint density at radius 2 is 2.35 bits per heavy atom. The lowest BCUT2D eigenvalue weighted by molar-refractivity contribution is -0.0182. The highest BCUT2D eigenvalue weighted by Gasteiger charge is 2.28. The van der Waals surface area contributed by atoms with Crippen molar-refractivity contribution < 1.29 is 5.11 Å². The summed E-state index contributed by atoms with van der Waals surface area (Å²) in [5, 5.41) is 23.3. The van der Waals surface area contributed by atoms with E-state index in [1.165, 1.54) is 0 Å². The number of rotatable bonds is 4. The zero-order valence-corrected chi connectivity index (χ0v) is 11.3. The van der Waals surface area contributed by atoms with Gasteiger partial charge >= 0.3 is 0 Å². The number of hydrogen-bond donors (Lipinski definition) is 2. The van der Waals surface area contributed by atoms with Crippen molar-refractivity contribution in [1.29, 1.82) is 0 Å². The highest BCUT2D eigenvalue weighted by atomic mass is 32.1. The van der Waals surface area contributed by atoms with Crippen LogP contribution in [0.4, 0.5) is 5.13 Å². The largest absolute Gasteiger partial charge is 0.389 e. The Bertz CT molecular complexity index is 366. The number of aromatic nitrogens is 2. The number of anilines is 1. The molecule has 0 radical (unpaired) electrons. The van der Waals surface area contributed by atoms with Gasteiger partial charge in [-0.1, -0.05) is 11.3 Å². The molecule has 2 rings (SSSR count). The van der Waals surface area contributed by atoms with Crippen molar-refractivity contribution >= 4 is 16.5 Å². The van der Waals surface area contributed by atoms with E-state index in [1.807, 2.05) is 13.8 Å². The number of nitrogens with one attached hydrogen (secondary N) is 1. The van der Waals surface area contributed by atoms with E-state index in [1.54, 1.807) is 11.3 Å². The molecule has 0 saturated carbocycles. The molecule has 1 saturated heterocycles. The highest BCUT2D eigenvalue weighted by molar-refractivity contribution is 7.15. The third kappa shape index (κ3) is 3.62. The molecular formula is C11H20N4OS. The van der Waals surface area contributed by atoms with Crippen molar-refractivity contribution in [2.24, 2.45) is 0 Å². The van der Waals surface area contributed by atoms with Crippen LogP contribution in [0.2, 0.25) is 0 Å². The fraction of sp³-hybridized carbons (Fsp3) is 0.818. The first-order valence-corrected chi connectivity index (χ1v) is 6.92. The Kier molecular flexibility index (Phi) is 3.96. The summed E-state index contributed by atoms with van der Waals surface area (Å²) in [7, 11) is 0. The van der Waals surface area contributed by atoms with Crippen LogP contribution in [0.1, 0.15) is 31.7 Å². The van der Waals surface area contributed by atoms with Crippen molar-refractivity contribution in [3.8, 4) is 0 Å². The first-order chi connectivity index (χ1) is 8.09. The molecule has 6 heteroatoms. The van der Waals surface area contributed by atoms with Crippen molar-refractivity contribution in [3.05, 3.63) is 5.01 Å². The van der Waals surface area contributed by atoms with Gasteiger partial charge in [0, 0.05) is 13.1 Å². The maximum atomic E-state index is 10.0. The van der Waals surface area contributed by atoms with E-state index >= 15 is 0 Å². The topological polar surface area (TPSA) is 61.3 Å². The van der Waals surface area contributed by atoms with Gasteiger partial charge in [0.2, 0.25) is 5.13 Å². The fourth-order valence-electron chi connectivity index (χ4n) is 2.19. The van der Waals surface area contributed by atoms with Gasteiger partial charge in [-0.15, -0.1) is 10.2 Å². The average Bonchev–Trinajstić information content (AvgIpc) is 2.64. The molecule has 0 aromatic carbocycles. The highest BCUT2D eigenvalue weighted by Crippen LogP contribution is 2.23. The van der Waals surface area contributed by atoms with Gasteiger partial charge in [0.15, 0.2) is 0 Å². The van der Waals surface area contributed by atoms with E-state index in [0.29, 0.717) is 0 Å². The van der Waals surface area contributed by atoms with Crippen molar-refractivity contribution in [2.45, 2.75) is 38.8 Å². The Morgan fingerprint density at radius 1 is 1.53 bits per heavy atom. The number of β-amino-alcohol motifs (C(OH)–C–C–N with tert-alkyl or cyclic N) is 1. The minimum absolute atomic E-state index is 0.548. The zero-order chi connectivity index (χ0) is 12.3. The van der Waals surface area contributed by atoms with E-state index in [2.05, 4.69) is 20.4 Å². The number of likely N-dealkylation sites (tertiary alicyclic amines) is 1. The van der Waals surface area contributed by atoms with Crippen LogP contribution in [0.3, 0.4) is 0 Å². The quantitative estimate of drug-likeness (QED) is 0.850. The summed E-state index contributed by atoms with van der Waals surface area (Å²) < 4.78 is 0. The van der Waals surface area contributed by atoms with Gasteiger partial charge in [-0.05, 0) is 33.2 Å². The van der Waals surface area contributed by atoms with Gasteiger partial charge in [0.25, 0.3) is 0 Å². The van der Waals surface area contributed by atoms with Gasteiger partial charge in [-0.2, -0.15) is 0 Å². The smallest absolute Gasteiger partial charge is 0.205 e. The summed E-state index contributed by atoms with van der Waals surface area (Å²) in [5.41, 5.74) is -0.548. The molecule has 0 aliphatic carbocycles. The lowest BCUT2D eigenvalue weighted by Gasteiger charge is -2.36. The molecule has 1 atom stereocenters. The summed E-state index contributed by atoms with van der Waals surface area (Å²) in [5.74, 6) is 0. The SMILES string of the molecule is CCNc1nnc(CN2CCCC(C)(O)C2)s1. The molecule has 96 valence electrons. The summed E-state index contributed by atoms with van der Waals surface area (Å²) in [6, 6.07) is 0. The Labute approximate surface area is 106 Å². The lowest BCUT2D eigenvalue weighted by atomic mass is 9.95. The van der Waals surface area contributed by atoms with Crippen LogP contribution >= 0.6 is 11.3 Å². The number of nitrogens with zero attached hydrogens (tertiary/aromatic N) is 3. The molecule has 1 fully saturated rings. The average molecular weight is 256 g/mol. The standard InChI is InChI=1S/C11H20N4OS/c1-3-12-10-14-13-9(17-10)7-15-6-4-5-11(2,16)8-15/h16H,3-8H2,1-2H3,(H,12,14). The Hall–Kier alpha value is -0.720. The summed E-state index contributed by atoms with van der Waals surface area (Å²) in [6.07, 6.45) is 1.94. The molecule has 5 nitrogen and oxygen atoms in total. The van der Waals surface area contributed by atoms with Crippen molar-refractivity contribution in [1.82, 2.24) is 15.1 Å². The maximum absolute atomic E-state index is 10.0. The second-order valence-corrected chi connectivity index (χ2v) is 5.90. The van der Waals surface area contributed by atoms with Crippen LogP contribution in [0.15, 0.2) is 0 Å². The van der Waals surface area contributed by atoms with Gasteiger partial charge < -0.3 is 10.4 Å². The summed E-state index contributed by atoms with van der Waals surface area (Å²) in [4.78, 5) is 2.25. The molecule has 2 N–H and O–H groups in total. The van der Waals surface area contributed by atoms with Crippen LogP contribution in [0, 0.1) is 0 Å². The first-order valence-electron chi connectivity index (χ1n) is 6.10. The lowest BCUT2D eigenvalue weighted by Crippen LogP contribution is -2.45. The molecule has 2 heterocycles. The molecule has 1 unspecified atom stereocenters. The van der Waals surface area contributed by atoms with Crippen LogP contribution in [0.5, 0.6) is 0 Å². The summed E-state index contributed by atoms with van der Waals surface area (Å²) >= 11 is 1.59. The molecule has 0 spiro atoms. The molecule has 0 amide bonds. The van der Waals surface area contributed by atoms with E-state index in [4.69, 9.17) is 0 Å².